The number of halogens is 2. The molecule has 31 heavy (non-hydrogen) atoms. The maximum atomic E-state index is 12.1. The summed E-state index contributed by atoms with van der Waals surface area (Å²) in [5, 5.41) is 0.374. The monoisotopic (exact) mass is 504 g/mol. The van der Waals surface area contributed by atoms with Gasteiger partial charge in [0.05, 0.1) is 10.6 Å². The summed E-state index contributed by atoms with van der Waals surface area (Å²) in [7, 11) is 0. The lowest BCUT2D eigenvalue weighted by molar-refractivity contribution is -0.136. The van der Waals surface area contributed by atoms with E-state index in [0.29, 0.717) is 22.1 Å². The van der Waals surface area contributed by atoms with Crippen LogP contribution in [0.25, 0.3) is 0 Å². The first-order valence-corrected chi connectivity index (χ1v) is 10.4. The van der Waals surface area contributed by atoms with Crippen molar-refractivity contribution < 1.29 is 28.5 Å². The highest BCUT2D eigenvalue weighted by atomic mass is 79.9. The number of hydrogen-bond donors (Lipinski definition) is 0. The molecule has 0 amide bonds. The molecule has 8 heteroatoms. The molecule has 6 nitrogen and oxygen atoms in total. The predicted molar refractivity (Wildman–Crippen MR) is 119 cm³/mol. The Morgan fingerprint density at radius 1 is 0.839 bits per heavy atom. The third-order valence-corrected chi connectivity index (χ3v) is 4.68. The molecule has 0 saturated heterocycles. The first-order valence-electron chi connectivity index (χ1n) is 9.25. The van der Waals surface area contributed by atoms with E-state index in [0.717, 1.165) is 4.47 Å². The Kier molecular flexibility index (Phi) is 8.32. The van der Waals surface area contributed by atoms with E-state index < -0.39 is 11.9 Å². The fraction of sp³-hybridized carbons (Fsp3) is 0.130. The minimum atomic E-state index is -0.604. The molecular formula is C23H18BrClO6. The molecule has 0 fully saturated rings. The van der Waals surface area contributed by atoms with Crippen LogP contribution in [0.1, 0.15) is 10.4 Å². The van der Waals surface area contributed by atoms with Gasteiger partial charge < -0.3 is 18.9 Å². The number of rotatable bonds is 9. The molecular weight excluding hydrogens is 488 g/mol. The van der Waals surface area contributed by atoms with Gasteiger partial charge >= 0.3 is 11.9 Å². The zero-order chi connectivity index (χ0) is 22.1. The fourth-order valence-electron chi connectivity index (χ4n) is 2.44. The van der Waals surface area contributed by atoms with Crippen molar-refractivity contribution in [2.45, 2.75) is 0 Å². The van der Waals surface area contributed by atoms with Crippen molar-refractivity contribution in [1.29, 1.82) is 0 Å². The van der Waals surface area contributed by atoms with Crippen LogP contribution in [-0.4, -0.2) is 31.8 Å². The molecule has 0 bridgehead atoms. The second kappa shape index (κ2) is 11.4. The molecule has 0 heterocycles. The number of benzene rings is 3. The van der Waals surface area contributed by atoms with Gasteiger partial charge in [0.25, 0.3) is 0 Å². The van der Waals surface area contributed by atoms with E-state index in [1.54, 1.807) is 18.2 Å². The average Bonchev–Trinajstić information content (AvgIpc) is 2.77. The molecule has 0 saturated carbocycles. The van der Waals surface area contributed by atoms with Gasteiger partial charge in [-0.2, -0.15) is 0 Å². The third kappa shape index (κ3) is 7.31. The van der Waals surface area contributed by atoms with Crippen molar-refractivity contribution in [2.75, 3.05) is 19.8 Å². The Bertz CT molecular complexity index is 1020. The number of esters is 2. The minimum absolute atomic E-state index is 0.112. The molecule has 0 aliphatic carbocycles. The highest BCUT2D eigenvalue weighted by Crippen LogP contribution is 2.27. The second-order valence-corrected chi connectivity index (χ2v) is 7.48. The number of ether oxygens (including phenoxy) is 4. The Balaban J connectivity index is 1.41. The Morgan fingerprint density at radius 2 is 1.58 bits per heavy atom. The molecule has 0 aliphatic rings. The standard InChI is InChI=1S/C23H18BrClO6/c24-17-8-11-21(20(25)14-17)30-15-22(26)31-19-9-6-16(7-10-19)23(27)29-13-12-28-18-4-2-1-3-5-18/h1-11,14H,12-13,15H2. The van der Waals surface area contributed by atoms with E-state index in [2.05, 4.69) is 15.9 Å². The number of carbonyl (C=O) groups excluding carboxylic acids is 2. The number of para-hydroxylation sites is 1. The number of carbonyl (C=O) groups is 2. The quantitative estimate of drug-likeness (QED) is 0.223. The molecule has 0 spiro atoms. The Labute approximate surface area is 192 Å². The topological polar surface area (TPSA) is 71.1 Å². The lowest BCUT2D eigenvalue weighted by Crippen LogP contribution is -2.18. The smallest absolute Gasteiger partial charge is 0.349 e. The summed E-state index contributed by atoms with van der Waals surface area (Å²) in [4.78, 5) is 24.1. The summed E-state index contributed by atoms with van der Waals surface area (Å²) in [5.41, 5.74) is 0.331. The Hall–Kier alpha value is -3.03. The molecule has 0 atom stereocenters. The minimum Gasteiger partial charge on any atom is -0.490 e. The van der Waals surface area contributed by atoms with Gasteiger partial charge in [-0.3, -0.25) is 0 Å². The van der Waals surface area contributed by atoms with Crippen LogP contribution in [0.3, 0.4) is 0 Å². The molecule has 0 N–H and O–H groups in total. The van der Waals surface area contributed by atoms with Gasteiger partial charge in [-0.25, -0.2) is 9.59 Å². The normalized spacial score (nSPS) is 10.3. The highest BCUT2D eigenvalue weighted by Gasteiger charge is 2.11. The van der Waals surface area contributed by atoms with Gasteiger partial charge in [-0.05, 0) is 54.6 Å². The Morgan fingerprint density at radius 3 is 2.29 bits per heavy atom. The highest BCUT2D eigenvalue weighted by molar-refractivity contribution is 9.10. The van der Waals surface area contributed by atoms with E-state index in [9.17, 15) is 9.59 Å². The molecule has 160 valence electrons. The predicted octanol–water partition coefficient (Wildman–Crippen LogP) is 5.32. The van der Waals surface area contributed by atoms with Gasteiger partial charge in [-0.1, -0.05) is 45.7 Å². The van der Waals surface area contributed by atoms with Gasteiger partial charge in [0.1, 0.15) is 30.5 Å². The molecule has 3 aromatic carbocycles. The van der Waals surface area contributed by atoms with Crippen molar-refractivity contribution in [3.05, 3.63) is 87.9 Å². The van der Waals surface area contributed by atoms with Crippen LogP contribution in [0.15, 0.2) is 77.3 Å². The zero-order valence-corrected chi connectivity index (χ0v) is 18.6. The van der Waals surface area contributed by atoms with Crippen molar-refractivity contribution in [3.8, 4) is 17.2 Å². The number of hydrogen-bond acceptors (Lipinski definition) is 6. The van der Waals surface area contributed by atoms with Crippen LogP contribution in [0.4, 0.5) is 0 Å². The van der Waals surface area contributed by atoms with E-state index in [4.69, 9.17) is 30.5 Å². The average molecular weight is 506 g/mol. The molecule has 0 aliphatic heterocycles. The first kappa shape index (κ1) is 22.7. The van der Waals surface area contributed by atoms with Crippen LogP contribution < -0.4 is 14.2 Å². The summed E-state index contributed by atoms with van der Waals surface area (Å²) in [6.07, 6.45) is 0. The maximum Gasteiger partial charge on any atom is 0.349 e. The van der Waals surface area contributed by atoms with Crippen LogP contribution in [0.5, 0.6) is 17.2 Å². The first-order chi connectivity index (χ1) is 15.0. The van der Waals surface area contributed by atoms with Crippen molar-refractivity contribution in [3.63, 3.8) is 0 Å². The van der Waals surface area contributed by atoms with E-state index in [1.807, 2.05) is 30.3 Å². The van der Waals surface area contributed by atoms with Gasteiger partial charge in [0.2, 0.25) is 0 Å². The zero-order valence-electron chi connectivity index (χ0n) is 16.3. The van der Waals surface area contributed by atoms with Crippen molar-refractivity contribution in [1.82, 2.24) is 0 Å². The fourth-order valence-corrected chi connectivity index (χ4v) is 3.17. The lowest BCUT2D eigenvalue weighted by Gasteiger charge is -2.09. The largest absolute Gasteiger partial charge is 0.490 e. The molecule has 3 aromatic rings. The molecule has 3 rings (SSSR count). The second-order valence-electron chi connectivity index (χ2n) is 6.16. The maximum absolute atomic E-state index is 12.1. The van der Waals surface area contributed by atoms with Gasteiger partial charge in [-0.15, -0.1) is 0 Å². The van der Waals surface area contributed by atoms with Crippen LogP contribution in [0, 0.1) is 0 Å². The van der Waals surface area contributed by atoms with Crippen LogP contribution in [0.2, 0.25) is 5.02 Å². The summed E-state index contributed by atoms with van der Waals surface area (Å²) in [6.45, 7) is 0.0425. The third-order valence-electron chi connectivity index (χ3n) is 3.89. The lowest BCUT2D eigenvalue weighted by atomic mass is 10.2. The van der Waals surface area contributed by atoms with E-state index in [1.165, 1.54) is 24.3 Å². The van der Waals surface area contributed by atoms with Gasteiger partial charge in [0, 0.05) is 4.47 Å². The summed E-state index contributed by atoms with van der Waals surface area (Å²) >= 11 is 9.33. The van der Waals surface area contributed by atoms with Crippen LogP contribution in [-0.2, 0) is 9.53 Å². The van der Waals surface area contributed by atoms with E-state index >= 15 is 0 Å². The van der Waals surface area contributed by atoms with E-state index in [-0.39, 0.29) is 25.6 Å². The summed E-state index contributed by atoms with van der Waals surface area (Å²) in [5.74, 6) is 0.252. The SMILES string of the molecule is O=C(COc1ccc(Br)cc1Cl)Oc1ccc(C(=O)OCCOc2ccccc2)cc1. The van der Waals surface area contributed by atoms with Gasteiger partial charge in [0.15, 0.2) is 6.61 Å². The van der Waals surface area contributed by atoms with Crippen LogP contribution >= 0.6 is 27.5 Å². The molecule has 0 radical (unpaired) electrons. The molecule has 0 unspecified atom stereocenters. The summed E-state index contributed by atoms with van der Waals surface area (Å²) in [6, 6.07) is 20.3. The summed E-state index contributed by atoms with van der Waals surface area (Å²) < 4.78 is 22.0. The van der Waals surface area contributed by atoms with Crippen molar-refractivity contribution in [2.24, 2.45) is 0 Å². The van der Waals surface area contributed by atoms with Crippen molar-refractivity contribution >= 4 is 39.5 Å². The molecule has 0 aromatic heterocycles.